The molecule has 1 amide bonds. The molecule has 9 heteroatoms. The molecule has 0 aliphatic carbocycles. The summed E-state index contributed by atoms with van der Waals surface area (Å²) in [7, 11) is 0. The average Bonchev–Trinajstić information content (AvgIpc) is 2.15. The van der Waals surface area contributed by atoms with Crippen molar-refractivity contribution >= 4 is 27.5 Å². The number of alkyl halides is 2. The fourth-order valence-corrected chi connectivity index (χ4v) is 1.56. The first-order valence-electron chi connectivity index (χ1n) is 3.77. The second-order valence-corrected chi connectivity index (χ2v) is 3.41. The van der Waals surface area contributed by atoms with Crippen molar-refractivity contribution in [2.75, 3.05) is 0 Å². The Morgan fingerprint density at radius 2 is 2.19 bits per heavy atom. The van der Waals surface area contributed by atoms with Crippen LogP contribution >= 0.6 is 15.9 Å². The van der Waals surface area contributed by atoms with E-state index in [0.29, 0.717) is 6.07 Å². The monoisotopic (exact) mass is 295 g/mol. The molecule has 0 saturated heterocycles. The summed E-state index contributed by atoms with van der Waals surface area (Å²) in [6.07, 6.45) is -2.95. The maximum Gasteiger partial charge on any atom is 0.314 e. The normalized spacial score (nSPS) is 10.5. The van der Waals surface area contributed by atoms with Crippen molar-refractivity contribution < 1.29 is 18.5 Å². The maximum absolute atomic E-state index is 12.3. The van der Waals surface area contributed by atoms with E-state index in [4.69, 9.17) is 5.73 Å². The molecule has 1 aromatic heterocycles. The second kappa shape index (κ2) is 4.47. The lowest BCUT2D eigenvalue weighted by Crippen LogP contribution is -2.15. The van der Waals surface area contributed by atoms with E-state index in [1.165, 1.54) is 0 Å². The van der Waals surface area contributed by atoms with Crippen molar-refractivity contribution in [1.82, 2.24) is 4.98 Å². The van der Waals surface area contributed by atoms with E-state index in [1.54, 1.807) is 0 Å². The van der Waals surface area contributed by atoms with Crippen LogP contribution in [0.3, 0.4) is 0 Å². The molecule has 0 unspecified atom stereocenters. The molecule has 0 spiro atoms. The SMILES string of the molecule is NC(=O)c1cc(C(F)F)nc(Br)c1[N+](=O)[O-]. The number of carbonyl (C=O) groups is 1. The third-order valence-corrected chi connectivity index (χ3v) is 2.19. The van der Waals surface area contributed by atoms with Gasteiger partial charge in [0.2, 0.25) is 0 Å². The van der Waals surface area contributed by atoms with E-state index < -0.39 is 38.8 Å². The summed E-state index contributed by atoms with van der Waals surface area (Å²) in [5.74, 6) is -1.17. The fourth-order valence-electron chi connectivity index (χ4n) is 0.999. The van der Waals surface area contributed by atoms with E-state index in [9.17, 15) is 23.7 Å². The van der Waals surface area contributed by atoms with Crippen LogP contribution in [0.2, 0.25) is 0 Å². The smallest absolute Gasteiger partial charge is 0.314 e. The maximum atomic E-state index is 12.3. The Morgan fingerprint density at radius 1 is 1.62 bits per heavy atom. The molecule has 0 aromatic carbocycles. The predicted molar refractivity (Wildman–Crippen MR) is 52.1 cm³/mol. The van der Waals surface area contributed by atoms with Crippen LogP contribution in [0.5, 0.6) is 0 Å². The van der Waals surface area contributed by atoms with Crippen molar-refractivity contribution in [3.8, 4) is 0 Å². The molecular weight excluding hydrogens is 292 g/mol. The lowest BCUT2D eigenvalue weighted by molar-refractivity contribution is -0.386. The number of halogens is 3. The number of nitro groups is 1. The summed E-state index contributed by atoms with van der Waals surface area (Å²) < 4.78 is 24.2. The number of primary amides is 1. The van der Waals surface area contributed by atoms with Crippen LogP contribution < -0.4 is 5.73 Å². The number of hydrogen-bond donors (Lipinski definition) is 1. The van der Waals surface area contributed by atoms with Gasteiger partial charge in [0.15, 0.2) is 4.60 Å². The number of carbonyl (C=O) groups excluding carboxylic acids is 1. The van der Waals surface area contributed by atoms with Gasteiger partial charge in [-0.2, -0.15) is 0 Å². The molecule has 1 aromatic rings. The van der Waals surface area contributed by atoms with Gasteiger partial charge in [-0.1, -0.05) is 0 Å². The largest absolute Gasteiger partial charge is 0.365 e. The van der Waals surface area contributed by atoms with Gasteiger partial charge in [-0.3, -0.25) is 14.9 Å². The van der Waals surface area contributed by atoms with Gasteiger partial charge >= 0.3 is 5.69 Å². The first kappa shape index (κ1) is 12.4. The zero-order valence-electron chi connectivity index (χ0n) is 7.49. The van der Waals surface area contributed by atoms with Crippen LogP contribution in [0.25, 0.3) is 0 Å². The lowest BCUT2D eigenvalue weighted by Gasteiger charge is -2.04. The van der Waals surface area contributed by atoms with Crippen LogP contribution in [-0.4, -0.2) is 15.8 Å². The molecule has 0 fully saturated rings. The van der Waals surface area contributed by atoms with Crippen molar-refractivity contribution in [2.24, 2.45) is 5.73 Å². The average molecular weight is 296 g/mol. The highest BCUT2D eigenvalue weighted by atomic mass is 79.9. The van der Waals surface area contributed by atoms with E-state index in [-0.39, 0.29) is 0 Å². The quantitative estimate of drug-likeness (QED) is 0.522. The molecular formula is C7H4BrF2N3O3. The number of nitrogens with zero attached hydrogens (tertiary/aromatic N) is 2. The van der Waals surface area contributed by atoms with Crippen molar-refractivity contribution in [2.45, 2.75) is 6.43 Å². The van der Waals surface area contributed by atoms with Gasteiger partial charge in [0.1, 0.15) is 11.3 Å². The van der Waals surface area contributed by atoms with Gasteiger partial charge in [0.05, 0.1) is 4.92 Å². The molecule has 0 bridgehead atoms. The van der Waals surface area contributed by atoms with E-state index in [2.05, 4.69) is 20.9 Å². The number of hydrogen-bond acceptors (Lipinski definition) is 4. The molecule has 1 rings (SSSR count). The number of aromatic nitrogens is 1. The number of amides is 1. The highest BCUT2D eigenvalue weighted by molar-refractivity contribution is 9.10. The fraction of sp³-hybridized carbons (Fsp3) is 0.143. The Morgan fingerprint density at radius 3 is 2.56 bits per heavy atom. The highest BCUT2D eigenvalue weighted by Gasteiger charge is 2.26. The molecule has 0 aliphatic heterocycles. The Hall–Kier alpha value is -1.64. The number of rotatable bonds is 3. The zero-order chi connectivity index (χ0) is 12.5. The van der Waals surface area contributed by atoms with E-state index >= 15 is 0 Å². The minimum atomic E-state index is -2.95. The first-order valence-corrected chi connectivity index (χ1v) is 4.56. The summed E-state index contributed by atoms with van der Waals surface area (Å²) in [5, 5.41) is 10.6. The van der Waals surface area contributed by atoms with Gasteiger partial charge < -0.3 is 5.73 Å². The van der Waals surface area contributed by atoms with Crippen LogP contribution in [0.15, 0.2) is 10.7 Å². The molecule has 0 atom stereocenters. The standard InChI is InChI=1S/C7H4BrF2N3O3/c8-5-4(13(15)16)2(7(11)14)1-3(12-5)6(9)10/h1,6H,(H2,11,14). The van der Waals surface area contributed by atoms with Crippen LogP contribution in [-0.2, 0) is 0 Å². The summed E-state index contributed by atoms with van der Waals surface area (Å²) in [6.45, 7) is 0. The summed E-state index contributed by atoms with van der Waals surface area (Å²) in [4.78, 5) is 23.8. The molecule has 6 nitrogen and oxygen atoms in total. The van der Waals surface area contributed by atoms with Gasteiger partial charge in [-0.25, -0.2) is 13.8 Å². The molecule has 1 heterocycles. The molecule has 86 valence electrons. The van der Waals surface area contributed by atoms with Gasteiger partial charge in [-0.15, -0.1) is 0 Å². The summed E-state index contributed by atoms with van der Waals surface area (Å²) >= 11 is 2.64. The molecule has 0 aliphatic rings. The topological polar surface area (TPSA) is 99.1 Å². The molecule has 0 radical (unpaired) electrons. The van der Waals surface area contributed by atoms with Crippen LogP contribution in [0.1, 0.15) is 22.5 Å². The van der Waals surface area contributed by atoms with E-state index in [0.717, 1.165) is 0 Å². The van der Waals surface area contributed by atoms with Gasteiger partial charge in [0.25, 0.3) is 12.3 Å². The Kier molecular flexibility index (Phi) is 3.48. The first-order chi connectivity index (χ1) is 7.34. The number of pyridine rings is 1. The Bertz CT molecular complexity index is 466. The third kappa shape index (κ3) is 2.30. The Balaban J connectivity index is 3.52. The summed E-state index contributed by atoms with van der Waals surface area (Å²) in [6, 6.07) is 0.607. The third-order valence-electron chi connectivity index (χ3n) is 1.64. The Labute approximate surface area is 95.7 Å². The molecule has 2 N–H and O–H groups in total. The molecule has 16 heavy (non-hydrogen) atoms. The van der Waals surface area contributed by atoms with Crippen LogP contribution in [0.4, 0.5) is 14.5 Å². The second-order valence-electron chi connectivity index (χ2n) is 2.66. The van der Waals surface area contributed by atoms with Gasteiger partial charge in [0, 0.05) is 0 Å². The van der Waals surface area contributed by atoms with Gasteiger partial charge in [-0.05, 0) is 22.0 Å². The van der Waals surface area contributed by atoms with Crippen molar-refractivity contribution in [3.05, 3.63) is 32.0 Å². The minimum Gasteiger partial charge on any atom is -0.365 e. The minimum absolute atomic E-state index is 0.455. The summed E-state index contributed by atoms with van der Waals surface area (Å²) in [5.41, 5.74) is 2.76. The zero-order valence-corrected chi connectivity index (χ0v) is 9.07. The molecule has 0 saturated carbocycles. The predicted octanol–water partition coefficient (Wildman–Crippen LogP) is 1.79. The van der Waals surface area contributed by atoms with Crippen molar-refractivity contribution in [1.29, 1.82) is 0 Å². The number of nitrogens with two attached hydrogens (primary N) is 1. The lowest BCUT2D eigenvalue weighted by atomic mass is 10.2. The van der Waals surface area contributed by atoms with Crippen LogP contribution in [0, 0.1) is 10.1 Å². The van der Waals surface area contributed by atoms with E-state index in [1.807, 2.05) is 0 Å². The van der Waals surface area contributed by atoms with Crippen molar-refractivity contribution in [3.63, 3.8) is 0 Å². The highest BCUT2D eigenvalue weighted by Crippen LogP contribution is 2.30.